The molecule has 0 spiro atoms. The number of amides is 1. The van der Waals surface area contributed by atoms with Crippen LogP contribution in [0.1, 0.15) is 18.4 Å². The van der Waals surface area contributed by atoms with Crippen LogP contribution in [-0.2, 0) is 11.2 Å². The molecule has 1 amide bonds. The fraction of sp³-hybridized carbons (Fsp3) is 0.500. The molecule has 2 N–H and O–H groups in total. The van der Waals surface area contributed by atoms with Gasteiger partial charge in [0.05, 0.1) is 0 Å². The molecular formula is C14H19F3N2O2. The Bertz CT molecular complexity index is 450. The van der Waals surface area contributed by atoms with Crippen LogP contribution in [-0.4, -0.2) is 32.4 Å². The molecule has 0 radical (unpaired) electrons. The number of alkyl halides is 3. The molecule has 0 unspecified atom stereocenters. The SMILES string of the molecule is CNCCCC(=O)NCCc1ccccc1OC(F)(F)F. The second kappa shape index (κ2) is 8.51. The van der Waals surface area contributed by atoms with Crippen LogP contribution in [0.15, 0.2) is 24.3 Å². The Morgan fingerprint density at radius 2 is 1.95 bits per heavy atom. The van der Waals surface area contributed by atoms with Crippen LogP contribution in [0.5, 0.6) is 5.75 Å². The average molecular weight is 304 g/mol. The van der Waals surface area contributed by atoms with E-state index in [4.69, 9.17) is 0 Å². The number of hydrogen-bond donors (Lipinski definition) is 2. The van der Waals surface area contributed by atoms with E-state index in [-0.39, 0.29) is 24.6 Å². The summed E-state index contributed by atoms with van der Waals surface area (Å²) in [5.41, 5.74) is 0.408. The predicted octanol–water partition coefficient (Wildman–Crippen LogP) is 2.24. The van der Waals surface area contributed by atoms with E-state index in [1.807, 2.05) is 0 Å². The lowest BCUT2D eigenvalue weighted by Crippen LogP contribution is -2.26. The molecule has 0 aliphatic carbocycles. The molecule has 0 aliphatic rings. The Morgan fingerprint density at radius 1 is 1.24 bits per heavy atom. The number of halogens is 3. The number of carbonyl (C=O) groups is 1. The van der Waals surface area contributed by atoms with Crippen LogP contribution in [0.4, 0.5) is 13.2 Å². The average Bonchev–Trinajstić information content (AvgIpc) is 2.39. The zero-order chi connectivity index (χ0) is 15.7. The number of nitrogens with one attached hydrogen (secondary N) is 2. The van der Waals surface area contributed by atoms with E-state index in [2.05, 4.69) is 15.4 Å². The molecule has 0 fully saturated rings. The first-order valence-electron chi connectivity index (χ1n) is 6.67. The largest absolute Gasteiger partial charge is 0.573 e. The van der Waals surface area contributed by atoms with Crippen LogP contribution in [0.25, 0.3) is 0 Å². The maximum atomic E-state index is 12.2. The van der Waals surface area contributed by atoms with Crippen molar-refractivity contribution in [3.63, 3.8) is 0 Å². The van der Waals surface area contributed by atoms with Crippen molar-refractivity contribution in [3.05, 3.63) is 29.8 Å². The third kappa shape index (κ3) is 7.55. The van der Waals surface area contributed by atoms with Crippen molar-refractivity contribution >= 4 is 5.91 Å². The van der Waals surface area contributed by atoms with E-state index in [0.717, 1.165) is 13.0 Å². The molecule has 0 heterocycles. The van der Waals surface area contributed by atoms with Gasteiger partial charge in [0.15, 0.2) is 0 Å². The number of carbonyl (C=O) groups excluding carboxylic acids is 1. The summed E-state index contributed by atoms with van der Waals surface area (Å²) in [6, 6.07) is 5.92. The Morgan fingerprint density at radius 3 is 2.62 bits per heavy atom. The van der Waals surface area contributed by atoms with Gasteiger partial charge in [-0.1, -0.05) is 18.2 Å². The van der Waals surface area contributed by atoms with Crippen molar-refractivity contribution in [2.24, 2.45) is 0 Å². The first-order chi connectivity index (χ1) is 9.92. The predicted molar refractivity (Wildman–Crippen MR) is 73.0 cm³/mol. The molecule has 0 atom stereocenters. The zero-order valence-electron chi connectivity index (χ0n) is 11.8. The van der Waals surface area contributed by atoms with E-state index in [1.165, 1.54) is 12.1 Å². The Kier molecular flexibility index (Phi) is 7.01. The van der Waals surface area contributed by atoms with Gasteiger partial charge in [-0.05, 0) is 38.1 Å². The molecule has 1 rings (SSSR count). The van der Waals surface area contributed by atoms with E-state index in [9.17, 15) is 18.0 Å². The van der Waals surface area contributed by atoms with E-state index >= 15 is 0 Å². The molecule has 0 saturated carbocycles. The Hall–Kier alpha value is -1.76. The van der Waals surface area contributed by atoms with E-state index in [1.54, 1.807) is 19.2 Å². The molecular weight excluding hydrogens is 285 g/mol. The van der Waals surface area contributed by atoms with Gasteiger partial charge in [0.2, 0.25) is 5.91 Å². The molecule has 21 heavy (non-hydrogen) atoms. The van der Waals surface area contributed by atoms with Gasteiger partial charge in [-0.25, -0.2) is 0 Å². The van der Waals surface area contributed by atoms with Gasteiger partial charge in [-0.15, -0.1) is 13.2 Å². The minimum absolute atomic E-state index is 0.112. The lowest BCUT2D eigenvalue weighted by Gasteiger charge is -2.13. The monoisotopic (exact) mass is 304 g/mol. The van der Waals surface area contributed by atoms with Gasteiger partial charge >= 0.3 is 6.36 Å². The molecule has 7 heteroatoms. The maximum Gasteiger partial charge on any atom is 0.573 e. The third-order valence-electron chi connectivity index (χ3n) is 2.75. The quantitative estimate of drug-likeness (QED) is 0.724. The highest BCUT2D eigenvalue weighted by Crippen LogP contribution is 2.26. The van der Waals surface area contributed by atoms with Crippen LogP contribution >= 0.6 is 0 Å². The van der Waals surface area contributed by atoms with E-state index < -0.39 is 6.36 Å². The molecule has 0 saturated heterocycles. The summed E-state index contributed by atoms with van der Waals surface area (Å²) >= 11 is 0. The summed E-state index contributed by atoms with van der Waals surface area (Å²) in [7, 11) is 1.80. The summed E-state index contributed by atoms with van der Waals surface area (Å²) in [5, 5.41) is 5.61. The molecule has 0 aliphatic heterocycles. The summed E-state index contributed by atoms with van der Waals surface area (Å²) in [6.07, 6.45) is -3.33. The number of para-hydroxylation sites is 1. The summed E-state index contributed by atoms with van der Waals surface area (Å²) < 4.78 is 40.7. The normalized spacial score (nSPS) is 11.2. The summed E-state index contributed by atoms with van der Waals surface area (Å²) in [4.78, 5) is 11.5. The fourth-order valence-corrected chi connectivity index (χ4v) is 1.79. The van der Waals surface area contributed by atoms with Crippen molar-refractivity contribution in [1.82, 2.24) is 10.6 Å². The molecule has 4 nitrogen and oxygen atoms in total. The molecule has 118 valence electrons. The second-order valence-corrected chi connectivity index (χ2v) is 4.46. The van der Waals surface area contributed by atoms with Gasteiger partial charge < -0.3 is 15.4 Å². The first kappa shape index (κ1) is 17.3. The summed E-state index contributed by atoms with van der Waals surface area (Å²) in [6.45, 7) is 1.02. The lowest BCUT2D eigenvalue weighted by atomic mass is 10.1. The summed E-state index contributed by atoms with van der Waals surface area (Å²) in [5.74, 6) is -0.339. The molecule has 1 aromatic carbocycles. The number of ether oxygens (including phenoxy) is 1. The zero-order valence-corrected chi connectivity index (χ0v) is 11.8. The topological polar surface area (TPSA) is 50.4 Å². The Labute approximate surface area is 121 Å². The van der Waals surface area contributed by atoms with Gasteiger partial charge in [-0.2, -0.15) is 0 Å². The standard InChI is InChI=1S/C14H19F3N2O2/c1-18-9-4-7-13(20)19-10-8-11-5-2-3-6-12(11)21-14(15,16)17/h2-3,5-6,18H,4,7-10H2,1H3,(H,19,20). The lowest BCUT2D eigenvalue weighted by molar-refractivity contribution is -0.274. The highest BCUT2D eigenvalue weighted by Gasteiger charge is 2.31. The second-order valence-electron chi connectivity index (χ2n) is 4.46. The highest BCUT2D eigenvalue weighted by atomic mass is 19.4. The fourth-order valence-electron chi connectivity index (χ4n) is 1.79. The van der Waals surface area contributed by atoms with Gasteiger partial charge in [-0.3, -0.25) is 4.79 Å². The number of rotatable bonds is 8. The first-order valence-corrected chi connectivity index (χ1v) is 6.67. The third-order valence-corrected chi connectivity index (χ3v) is 2.75. The molecule has 0 bridgehead atoms. The van der Waals surface area contributed by atoms with Crippen LogP contribution < -0.4 is 15.4 Å². The van der Waals surface area contributed by atoms with Gasteiger partial charge in [0.25, 0.3) is 0 Å². The maximum absolute atomic E-state index is 12.2. The van der Waals surface area contributed by atoms with Crippen molar-refractivity contribution in [2.45, 2.75) is 25.6 Å². The van der Waals surface area contributed by atoms with Crippen molar-refractivity contribution in [2.75, 3.05) is 20.1 Å². The van der Waals surface area contributed by atoms with Crippen LogP contribution in [0.2, 0.25) is 0 Å². The van der Waals surface area contributed by atoms with Crippen molar-refractivity contribution < 1.29 is 22.7 Å². The smallest absolute Gasteiger partial charge is 0.406 e. The van der Waals surface area contributed by atoms with Crippen molar-refractivity contribution in [1.29, 1.82) is 0 Å². The minimum Gasteiger partial charge on any atom is -0.406 e. The van der Waals surface area contributed by atoms with Crippen molar-refractivity contribution in [3.8, 4) is 5.75 Å². The van der Waals surface area contributed by atoms with E-state index in [0.29, 0.717) is 12.0 Å². The number of benzene rings is 1. The van der Waals surface area contributed by atoms with Crippen LogP contribution in [0.3, 0.4) is 0 Å². The van der Waals surface area contributed by atoms with Gasteiger partial charge in [0.1, 0.15) is 5.75 Å². The highest BCUT2D eigenvalue weighted by molar-refractivity contribution is 5.75. The molecule has 1 aromatic rings. The Balaban J connectivity index is 2.43. The number of hydrogen-bond acceptors (Lipinski definition) is 3. The van der Waals surface area contributed by atoms with Gasteiger partial charge in [0, 0.05) is 13.0 Å². The van der Waals surface area contributed by atoms with Crippen LogP contribution in [0, 0.1) is 0 Å². The molecule has 0 aromatic heterocycles. The minimum atomic E-state index is -4.72.